The number of benzene rings is 3. The standard InChI is InChI=1S/C32H36NO6P/c34-31(38-30-22-28-18-19-29(23-30)33(28)20-10-11-21-33)32(26-14-6-2-7-15-26,27-16-8-3-9-17-27)39-40(35,36)37-24-25-12-4-1-5-13-25/h1-9,12-17,28-30H,10-11,18-24H2/p+1. The fraction of sp³-hybridized carbons (Fsp3) is 0.406. The highest BCUT2D eigenvalue weighted by atomic mass is 31.2. The Labute approximate surface area is 235 Å². The van der Waals surface area contributed by atoms with E-state index in [0.29, 0.717) is 28.8 Å². The quantitative estimate of drug-likeness (QED) is 0.193. The van der Waals surface area contributed by atoms with E-state index in [2.05, 4.69) is 0 Å². The molecule has 3 aromatic rings. The zero-order chi connectivity index (χ0) is 27.6. The van der Waals surface area contributed by atoms with Crippen molar-refractivity contribution in [3.63, 3.8) is 0 Å². The van der Waals surface area contributed by atoms with Crippen LogP contribution in [0.1, 0.15) is 55.2 Å². The number of carbonyl (C=O) groups is 1. The van der Waals surface area contributed by atoms with Gasteiger partial charge in [0.1, 0.15) is 6.10 Å². The van der Waals surface area contributed by atoms with Gasteiger partial charge in [0.2, 0.25) is 5.60 Å². The summed E-state index contributed by atoms with van der Waals surface area (Å²) < 4.78 is 32.4. The average molecular weight is 563 g/mol. The Morgan fingerprint density at radius 2 is 1.32 bits per heavy atom. The van der Waals surface area contributed by atoms with E-state index in [1.54, 1.807) is 60.7 Å². The molecule has 3 aliphatic heterocycles. The summed E-state index contributed by atoms with van der Waals surface area (Å²) in [5.74, 6) is -0.693. The van der Waals surface area contributed by atoms with Gasteiger partial charge in [-0.3, -0.25) is 9.05 Å². The third kappa shape index (κ3) is 5.17. The Hall–Kier alpha value is -2.80. The number of carbonyl (C=O) groups excluding carboxylic acids is 1. The zero-order valence-corrected chi connectivity index (χ0v) is 23.5. The summed E-state index contributed by atoms with van der Waals surface area (Å²) in [6.07, 6.45) is 6.21. The van der Waals surface area contributed by atoms with Crippen LogP contribution in [-0.2, 0) is 35.4 Å². The van der Waals surface area contributed by atoms with Gasteiger partial charge in [-0.1, -0.05) is 91.0 Å². The SMILES string of the molecule is O=C(OC1CC2CCC(C1)[N+]21CCCC1)C(OP(=O)(O)OCc1ccccc1)(c1ccccc1)c1ccccc1. The van der Waals surface area contributed by atoms with Gasteiger partial charge < -0.3 is 14.1 Å². The molecule has 0 radical (unpaired) electrons. The van der Waals surface area contributed by atoms with Crippen molar-refractivity contribution in [2.24, 2.45) is 0 Å². The summed E-state index contributed by atoms with van der Waals surface area (Å²) in [7, 11) is -4.76. The van der Waals surface area contributed by atoms with Gasteiger partial charge in [-0.05, 0) is 5.56 Å². The van der Waals surface area contributed by atoms with Crippen molar-refractivity contribution in [1.82, 2.24) is 0 Å². The monoisotopic (exact) mass is 562 g/mol. The molecule has 3 fully saturated rings. The van der Waals surface area contributed by atoms with Crippen LogP contribution in [0.4, 0.5) is 0 Å². The van der Waals surface area contributed by atoms with Gasteiger partial charge >= 0.3 is 13.8 Å². The molecule has 3 aliphatic rings. The second kappa shape index (κ2) is 11.2. The number of hydrogen-bond donors (Lipinski definition) is 1. The van der Waals surface area contributed by atoms with Gasteiger partial charge in [0, 0.05) is 49.7 Å². The Kier molecular flexibility index (Phi) is 7.68. The van der Waals surface area contributed by atoms with Gasteiger partial charge in [-0.15, -0.1) is 0 Å². The number of ether oxygens (including phenoxy) is 1. The zero-order valence-electron chi connectivity index (χ0n) is 22.6. The smallest absolute Gasteiger partial charge is 0.459 e. The fourth-order valence-corrected chi connectivity index (χ4v) is 8.36. The average Bonchev–Trinajstić information content (AvgIpc) is 3.53. The van der Waals surface area contributed by atoms with Crippen molar-refractivity contribution in [2.45, 2.75) is 68.9 Å². The maximum atomic E-state index is 14.4. The third-order valence-electron chi connectivity index (χ3n) is 9.17. The van der Waals surface area contributed by atoms with E-state index in [9.17, 15) is 14.3 Å². The first-order valence-electron chi connectivity index (χ1n) is 14.3. The summed E-state index contributed by atoms with van der Waals surface area (Å²) in [6, 6.07) is 27.7. The van der Waals surface area contributed by atoms with E-state index in [4.69, 9.17) is 13.8 Å². The molecule has 3 atom stereocenters. The number of quaternary nitrogens is 1. The Morgan fingerprint density at radius 1 is 0.825 bits per heavy atom. The molecule has 1 spiro atoms. The number of phosphoric ester groups is 1. The van der Waals surface area contributed by atoms with Gasteiger partial charge in [-0.25, -0.2) is 9.36 Å². The minimum atomic E-state index is -4.76. The van der Waals surface area contributed by atoms with Crippen molar-refractivity contribution < 1.29 is 32.5 Å². The van der Waals surface area contributed by atoms with E-state index in [-0.39, 0.29) is 12.7 Å². The van der Waals surface area contributed by atoms with Crippen molar-refractivity contribution in [1.29, 1.82) is 0 Å². The summed E-state index contributed by atoms with van der Waals surface area (Å²) in [4.78, 5) is 25.4. The van der Waals surface area contributed by atoms with Crippen LogP contribution in [0, 0.1) is 0 Å². The molecule has 0 aliphatic carbocycles. The van der Waals surface area contributed by atoms with Gasteiger partial charge in [-0.2, -0.15) is 0 Å². The van der Waals surface area contributed by atoms with Crippen LogP contribution in [-0.4, -0.2) is 46.6 Å². The summed E-state index contributed by atoms with van der Waals surface area (Å²) in [5, 5.41) is 0. The first-order chi connectivity index (χ1) is 19.4. The van der Waals surface area contributed by atoms with Crippen molar-refractivity contribution in [2.75, 3.05) is 13.1 Å². The van der Waals surface area contributed by atoms with Crippen molar-refractivity contribution >= 4 is 13.8 Å². The molecule has 1 N–H and O–H groups in total. The van der Waals surface area contributed by atoms with E-state index in [1.165, 1.54) is 30.4 Å². The molecule has 0 amide bonds. The molecular weight excluding hydrogens is 525 g/mol. The molecule has 3 aromatic carbocycles. The first kappa shape index (κ1) is 27.4. The van der Waals surface area contributed by atoms with E-state index in [0.717, 1.165) is 25.7 Å². The number of piperidine rings is 1. The highest BCUT2D eigenvalue weighted by Crippen LogP contribution is 2.54. The molecule has 3 saturated heterocycles. The summed E-state index contributed by atoms with van der Waals surface area (Å²) in [5.41, 5.74) is -0.458. The molecule has 7 nitrogen and oxygen atoms in total. The number of esters is 1. The molecule has 0 aromatic heterocycles. The number of phosphoric acid groups is 1. The van der Waals surface area contributed by atoms with Crippen molar-refractivity contribution in [3.8, 4) is 0 Å². The second-order valence-corrected chi connectivity index (χ2v) is 12.8. The molecule has 8 heteroatoms. The molecule has 3 heterocycles. The van der Waals surface area contributed by atoms with Crippen LogP contribution < -0.4 is 0 Å². The normalized spacial score (nSPS) is 25.0. The van der Waals surface area contributed by atoms with Crippen molar-refractivity contribution in [3.05, 3.63) is 108 Å². The summed E-state index contributed by atoms with van der Waals surface area (Å²) >= 11 is 0. The number of rotatable bonds is 9. The van der Waals surface area contributed by atoms with E-state index >= 15 is 0 Å². The third-order valence-corrected chi connectivity index (χ3v) is 10.1. The molecule has 210 valence electrons. The highest BCUT2D eigenvalue weighted by molar-refractivity contribution is 7.47. The number of nitrogens with zero attached hydrogens (tertiary/aromatic N) is 1. The van der Waals surface area contributed by atoms with E-state index < -0.39 is 19.4 Å². The maximum absolute atomic E-state index is 14.4. The Bertz CT molecular complexity index is 1290. The topological polar surface area (TPSA) is 82.1 Å². The molecule has 6 rings (SSSR count). The molecular formula is C32H37NO6P+. The highest BCUT2D eigenvalue weighted by Gasteiger charge is 2.57. The van der Waals surface area contributed by atoms with Gasteiger partial charge in [0.25, 0.3) is 0 Å². The predicted molar refractivity (Wildman–Crippen MR) is 151 cm³/mol. The lowest BCUT2D eigenvalue weighted by atomic mass is 9.86. The van der Waals surface area contributed by atoms with Crippen LogP contribution in [0.5, 0.6) is 0 Å². The lowest BCUT2D eigenvalue weighted by Crippen LogP contribution is -2.60. The minimum absolute atomic E-state index is 0.144. The van der Waals surface area contributed by atoms with E-state index in [1.807, 2.05) is 30.3 Å². The molecule has 3 unspecified atom stereocenters. The van der Waals surface area contributed by atoms with Crippen LogP contribution in [0.15, 0.2) is 91.0 Å². The van der Waals surface area contributed by atoms with Gasteiger partial charge in [0.15, 0.2) is 0 Å². The molecule has 0 saturated carbocycles. The fourth-order valence-electron chi connectivity index (χ4n) is 7.36. The summed E-state index contributed by atoms with van der Waals surface area (Å²) in [6.45, 7) is 2.31. The van der Waals surface area contributed by atoms with Crippen LogP contribution in [0.25, 0.3) is 0 Å². The lowest BCUT2D eigenvalue weighted by Gasteiger charge is -2.47. The lowest BCUT2D eigenvalue weighted by molar-refractivity contribution is -0.956. The largest absolute Gasteiger partial charge is 0.474 e. The van der Waals surface area contributed by atoms with Gasteiger partial charge in [0.05, 0.1) is 31.8 Å². The Balaban J connectivity index is 1.32. The van der Waals surface area contributed by atoms with Crippen LogP contribution in [0.2, 0.25) is 0 Å². The Morgan fingerprint density at radius 3 is 1.85 bits per heavy atom. The van der Waals surface area contributed by atoms with Crippen LogP contribution in [0.3, 0.4) is 0 Å². The first-order valence-corrected chi connectivity index (χ1v) is 15.8. The second-order valence-electron chi connectivity index (χ2n) is 11.4. The molecule has 2 bridgehead atoms. The molecule has 40 heavy (non-hydrogen) atoms. The predicted octanol–water partition coefficient (Wildman–Crippen LogP) is 6.11. The minimum Gasteiger partial charge on any atom is -0.459 e. The maximum Gasteiger partial charge on any atom is 0.474 e. The van der Waals surface area contributed by atoms with Crippen LogP contribution >= 0.6 is 7.82 Å². The number of hydrogen-bond acceptors (Lipinski definition) is 5.